The minimum Gasteiger partial charge on any atom is -0.381 e. The van der Waals surface area contributed by atoms with E-state index in [1.807, 2.05) is 0 Å². The third kappa shape index (κ3) is 7.39. The third-order valence-corrected chi connectivity index (χ3v) is 5.12. The highest BCUT2D eigenvalue weighted by Crippen LogP contribution is 2.34. The summed E-state index contributed by atoms with van der Waals surface area (Å²) in [6, 6.07) is 0.564. The minimum absolute atomic E-state index is 0.509. The van der Waals surface area contributed by atoms with Crippen LogP contribution in [-0.2, 0) is 9.47 Å². The van der Waals surface area contributed by atoms with Gasteiger partial charge in [0.25, 0.3) is 0 Å². The SMILES string of the molecule is CCNC(=NCCCOCC1CCOC1)NC1CCC(C)(C)CC1. The van der Waals surface area contributed by atoms with Crippen molar-refractivity contribution in [2.75, 3.05) is 39.5 Å². The van der Waals surface area contributed by atoms with E-state index in [9.17, 15) is 0 Å². The standard InChI is InChI=1S/C19H37N3O2/c1-4-20-18(22-17-6-9-19(2,3)10-7-17)21-11-5-12-23-14-16-8-13-24-15-16/h16-17H,4-15H2,1-3H3,(H2,20,21,22). The van der Waals surface area contributed by atoms with E-state index in [2.05, 4.69) is 31.4 Å². The summed E-state index contributed by atoms with van der Waals surface area (Å²) in [4.78, 5) is 4.70. The lowest BCUT2D eigenvalue weighted by Crippen LogP contribution is -2.45. The lowest BCUT2D eigenvalue weighted by Gasteiger charge is -2.35. The Morgan fingerprint density at radius 3 is 2.71 bits per heavy atom. The molecule has 0 amide bonds. The van der Waals surface area contributed by atoms with Crippen LogP contribution in [0.2, 0.25) is 0 Å². The molecule has 1 aliphatic carbocycles. The molecule has 0 spiro atoms. The van der Waals surface area contributed by atoms with Crippen LogP contribution < -0.4 is 10.6 Å². The zero-order valence-corrected chi connectivity index (χ0v) is 15.9. The summed E-state index contributed by atoms with van der Waals surface area (Å²) in [5, 5.41) is 6.98. The van der Waals surface area contributed by atoms with Gasteiger partial charge < -0.3 is 20.1 Å². The van der Waals surface area contributed by atoms with Crippen LogP contribution in [0.15, 0.2) is 4.99 Å². The Kier molecular flexibility index (Phi) is 8.33. The Balaban J connectivity index is 1.61. The first-order valence-corrected chi connectivity index (χ1v) is 9.79. The van der Waals surface area contributed by atoms with Crippen molar-refractivity contribution in [1.82, 2.24) is 10.6 Å². The zero-order valence-electron chi connectivity index (χ0n) is 15.9. The van der Waals surface area contributed by atoms with Crippen LogP contribution in [0, 0.1) is 11.3 Å². The average molecular weight is 340 g/mol. The maximum absolute atomic E-state index is 5.74. The molecule has 1 unspecified atom stereocenters. The molecule has 1 aliphatic heterocycles. The molecule has 2 fully saturated rings. The molecule has 0 aromatic carbocycles. The van der Waals surface area contributed by atoms with E-state index in [4.69, 9.17) is 14.5 Å². The molecular weight excluding hydrogens is 302 g/mol. The van der Waals surface area contributed by atoms with Crippen molar-refractivity contribution in [2.45, 2.75) is 65.3 Å². The van der Waals surface area contributed by atoms with E-state index in [-0.39, 0.29) is 0 Å². The van der Waals surface area contributed by atoms with Crippen molar-refractivity contribution >= 4 is 5.96 Å². The van der Waals surface area contributed by atoms with Crippen LogP contribution in [0.4, 0.5) is 0 Å². The fraction of sp³-hybridized carbons (Fsp3) is 0.947. The molecule has 140 valence electrons. The monoisotopic (exact) mass is 339 g/mol. The normalized spacial score (nSPS) is 25.0. The fourth-order valence-electron chi connectivity index (χ4n) is 3.38. The third-order valence-electron chi connectivity index (χ3n) is 5.12. The van der Waals surface area contributed by atoms with Gasteiger partial charge in [-0.3, -0.25) is 4.99 Å². The highest BCUT2D eigenvalue weighted by atomic mass is 16.5. The van der Waals surface area contributed by atoms with Gasteiger partial charge in [0.1, 0.15) is 0 Å². The van der Waals surface area contributed by atoms with Gasteiger partial charge in [-0.25, -0.2) is 0 Å². The van der Waals surface area contributed by atoms with Crippen LogP contribution in [-0.4, -0.2) is 51.5 Å². The summed E-state index contributed by atoms with van der Waals surface area (Å²) in [6.45, 7) is 12.0. The molecule has 2 aliphatic rings. The summed E-state index contributed by atoms with van der Waals surface area (Å²) in [5.41, 5.74) is 0.509. The zero-order chi connectivity index (χ0) is 17.3. The highest BCUT2D eigenvalue weighted by Gasteiger charge is 2.27. The van der Waals surface area contributed by atoms with Gasteiger partial charge >= 0.3 is 0 Å². The molecule has 1 saturated carbocycles. The van der Waals surface area contributed by atoms with Crippen LogP contribution in [0.1, 0.15) is 59.3 Å². The second kappa shape index (κ2) is 10.2. The molecule has 1 atom stereocenters. The molecule has 1 saturated heterocycles. The summed E-state index contributed by atoms with van der Waals surface area (Å²) in [6.07, 6.45) is 7.19. The van der Waals surface area contributed by atoms with E-state index >= 15 is 0 Å². The maximum atomic E-state index is 5.74. The smallest absolute Gasteiger partial charge is 0.191 e. The number of nitrogens with zero attached hydrogens (tertiary/aromatic N) is 1. The number of nitrogens with one attached hydrogen (secondary N) is 2. The minimum atomic E-state index is 0.509. The van der Waals surface area contributed by atoms with Crippen molar-refractivity contribution in [2.24, 2.45) is 16.3 Å². The predicted molar refractivity (Wildman–Crippen MR) is 99.5 cm³/mol. The maximum Gasteiger partial charge on any atom is 0.191 e. The molecule has 0 aromatic rings. The Morgan fingerprint density at radius 2 is 2.04 bits per heavy atom. The van der Waals surface area contributed by atoms with Crippen LogP contribution in [0.3, 0.4) is 0 Å². The van der Waals surface area contributed by atoms with Gasteiger partial charge in [-0.05, 0) is 50.9 Å². The molecule has 0 aromatic heterocycles. The summed E-state index contributed by atoms with van der Waals surface area (Å²) in [7, 11) is 0. The molecule has 2 N–H and O–H groups in total. The first-order chi connectivity index (χ1) is 11.6. The average Bonchev–Trinajstić information content (AvgIpc) is 3.06. The number of ether oxygens (including phenoxy) is 2. The van der Waals surface area contributed by atoms with Crippen molar-refractivity contribution in [1.29, 1.82) is 0 Å². The van der Waals surface area contributed by atoms with Gasteiger partial charge in [0.2, 0.25) is 0 Å². The molecule has 5 nitrogen and oxygen atoms in total. The van der Waals surface area contributed by atoms with Gasteiger partial charge in [-0.15, -0.1) is 0 Å². The Morgan fingerprint density at radius 1 is 1.25 bits per heavy atom. The molecule has 5 heteroatoms. The van der Waals surface area contributed by atoms with E-state index in [0.29, 0.717) is 17.4 Å². The fourth-order valence-corrected chi connectivity index (χ4v) is 3.38. The topological polar surface area (TPSA) is 54.9 Å². The van der Waals surface area contributed by atoms with Crippen LogP contribution in [0.5, 0.6) is 0 Å². The number of rotatable bonds is 8. The van der Waals surface area contributed by atoms with Gasteiger partial charge in [-0.1, -0.05) is 13.8 Å². The van der Waals surface area contributed by atoms with Crippen molar-refractivity contribution < 1.29 is 9.47 Å². The van der Waals surface area contributed by atoms with Crippen molar-refractivity contribution in [3.63, 3.8) is 0 Å². The van der Waals surface area contributed by atoms with E-state index in [1.54, 1.807) is 0 Å². The Labute approximate surface area is 148 Å². The van der Waals surface area contributed by atoms with Gasteiger partial charge in [-0.2, -0.15) is 0 Å². The quantitative estimate of drug-likeness (QED) is 0.405. The highest BCUT2D eigenvalue weighted by molar-refractivity contribution is 5.80. The molecule has 24 heavy (non-hydrogen) atoms. The van der Waals surface area contributed by atoms with Gasteiger partial charge in [0.15, 0.2) is 5.96 Å². The molecular formula is C19H37N3O2. The summed E-state index contributed by atoms with van der Waals surface area (Å²) < 4.78 is 11.1. The molecule has 2 rings (SSSR count). The Hall–Kier alpha value is -0.810. The summed E-state index contributed by atoms with van der Waals surface area (Å²) >= 11 is 0. The lowest BCUT2D eigenvalue weighted by molar-refractivity contribution is 0.0893. The van der Waals surface area contributed by atoms with Gasteiger partial charge in [0, 0.05) is 38.3 Å². The molecule has 1 heterocycles. The first kappa shape index (κ1) is 19.5. The van der Waals surface area contributed by atoms with Crippen LogP contribution in [0.25, 0.3) is 0 Å². The Bertz CT molecular complexity index is 369. The summed E-state index contributed by atoms with van der Waals surface area (Å²) in [5.74, 6) is 1.56. The number of guanidine groups is 1. The van der Waals surface area contributed by atoms with E-state index in [1.165, 1.54) is 25.7 Å². The van der Waals surface area contributed by atoms with Crippen molar-refractivity contribution in [3.8, 4) is 0 Å². The second-order valence-electron chi connectivity index (χ2n) is 8.00. The number of hydrogen-bond donors (Lipinski definition) is 2. The predicted octanol–water partition coefficient (Wildman–Crippen LogP) is 2.95. The number of hydrogen-bond acceptors (Lipinski definition) is 3. The van der Waals surface area contributed by atoms with E-state index < -0.39 is 0 Å². The van der Waals surface area contributed by atoms with Crippen LogP contribution >= 0.6 is 0 Å². The largest absolute Gasteiger partial charge is 0.381 e. The van der Waals surface area contributed by atoms with Crippen molar-refractivity contribution in [3.05, 3.63) is 0 Å². The number of aliphatic imine (C=N–C) groups is 1. The second-order valence-corrected chi connectivity index (χ2v) is 8.00. The first-order valence-electron chi connectivity index (χ1n) is 9.79. The lowest BCUT2D eigenvalue weighted by atomic mass is 9.75. The van der Waals surface area contributed by atoms with Gasteiger partial charge in [0.05, 0.1) is 13.2 Å². The van der Waals surface area contributed by atoms with E-state index in [0.717, 1.165) is 58.3 Å². The molecule has 0 bridgehead atoms. The molecule has 0 radical (unpaired) electrons.